The summed E-state index contributed by atoms with van der Waals surface area (Å²) in [5, 5.41) is 3.17. The maximum absolute atomic E-state index is 14.2. The quantitative estimate of drug-likeness (QED) is 0.676. The van der Waals surface area contributed by atoms with Crippen LogP contribution < -0.4 is 5.32 Å². The Morgan fingerprint density at radius 2 is 2.17 bits per heavy atom. The summed E-state index contributed by atoms with van der Waals surface area (Å²) >= 11 is 1.69. The topological polar surface area (TPSA) is 58.9 Å². The fourth-order valence-corrected chi connectivity index (χ4v) is 5.04. The highest BCUT2D eigenvalue weighted by Crippen LogP contribution is 2.37. The molecule has 8 heteroatoms. The molecule has 0 radical (unpaired) electrons. The Kier molecular flexibility index (Phi) is 5.56. The predicted octanol–water partition coefficient (Wildman–Crippen LogP) is 4.25. The Bertz CT molecular complexity index is 1040. The normalized spacial score (nSPS) is 17.1. The molecule has 0 saturated carbocycles. The number of aryl methyl sites for hydroxylation is 2. The summed E-state index contributed by atoms with van der Waals surface area (Å²) in [6.07, 6.45) is 1.90. The number of likely N-dealkylation sites (tertiary alicyclic amines) is 1. The summed E-state index contributed by atoms with van der Waals surface area (Å²) < 4.78 is 21.3. The van der Waals surface area contributed by atoms with Crippen LogP contribution in [0, 0.1) is 19.7 Å². The van der Waals surface area contributed by atoms with Gasteiger partial charge in [0, 0.05) is 36.7 Å². The minimum absolute atomic E-state index is 0.0101. The fraction of sp³-hybridized carbons (Fsp3) is 0.429. The Hall–Kier alpha value is -2.45. The number of fused-ring (bicyclic) bond motifs is 1. The van der Waals surface area contributed by atoms with Crippen molar-refractivity contribution >= 4 is 33.7 Å². The summed E-state index contributed by atoms with van der Waals surface area (Å²) in [6, 6.07) is 6.60. The third-order valence-corrected chi connectivity index (χ3v) is 6.69. The molecule has 1 N–H and O–H groups in total. The number of imidazole rings is 1. The third-order valence-electron chi connectivity index (χ3n) is 5.50. The molecule has 6 nitrogen and oxygen atoms in total. The van der Waals surface area contributed by atoms with Crippen LogP contribution in [-0.4, -0.2) is 47.0 Å². The second kappa shape index (κ2) is 8.12. The summed E-state index contributed by atoms with van der Waals surface area (Å²) in [7, 11) is 1.54. The Morgan fingerprint density at radius 3 is 2.93 bits per heavy atom. The maximum Gasteiger partial charge on any atom is 0.248 e. The molecule has 1 fully saturated rings. The van der Waals surface area contributed by atoms with Crippen LogP contribution in [0.2, 0.25) is 0 Å². The molecule has 3 heterocycles. The van der Waals surface area contributed by atoms with E-state index < -0.39 is 0 Å². The van der Waals surface area contributed by atoms with Gasteiger partial charge in [-0.2, -0.15) is 0 Å². The average molecular weight is 417 g/mol. The highest BCUT2D eigenvalue weighted by molar-refractivity contribution is 7.17. The van der Waals surface area contributed by atoms with Gasteiger partial charge in [-0.05, 0) is 38.8 Å². The predicted molar refractivity (Wildman–Crippen MR) is 113 cm³/mol. The molecule has 3 aromatic rings. The van der Waals surface area contributed by atoms with E-state index in [0.717, 1.165) is 35.6 Å². The number of nitrogens with one attached hydrogen (secondary N) is 1. The zero-order valence-electron chi connectivity index (χ0n) is 16.9. The lowest BCUT2D eigenvalue weighted by Gasteiger charge is -2.31. The van der Waals surface area contributed by atoms with Crippen LogP contribution in [0.25, 0.3) is 4.83 Å². The number of rotatable bonds is 5. The van der Waals surface area contributed by atoms with Gasteiger partial charge in [0.2, 0.25) is 11.9 Å². The van der Waals surface area contributed by atoms with Gasteiger partial charge in [0.1, 0.15) is 17.3 Å². The van der Waals surface area contributed by atoms with Gasteiger partial charge < -0.3 is 15.0 Å². The van der Waals surface area contributed by atoms with Gasteiger partial charge in [-0.25, -0.2) is 9.37 Å². The van der Waals surface area contributed by atoms with Gasteiger partial charge in [-0.3, -0.25) is 9.20 Å². The molecule has 2 aromatic heterocycles. The van der Waals surface area contributed by atoms with Crippen LogP contribution in [-0.2, 0) is 9.53 Å². The lowest BCUT2D eigenvalue weighted by atomic mass is 9.95. The molecule has 0 spiro atoms. The first-order valence-electron chi connectivity index (χ1n) is 9.76. The molecular weight excluding hydrogens is 391 g/mol. The van der Waals surface area contributed by atoms with Crippen LogP contribution in [0.5, 0.6) is 0 Å². The number of hydrogen-bond acceptors (Lipinski definition) is 5. The van der Waals surface area contributed by atoms with E-state index in [4.69, 9.17) is 9.72 Å². The summed E-state index contributed by atoms with van der Waals surface area (Å²) in [5.74, 6) is 0.454. The molecule has 29 heavy (non-hydrogen) atoms. The van der Waals surface area contributed by atoms with Crippen molar-refractivity contribution in [3.05, 3.63) is 46.3 Å². The number of carbonyl (C=O) groups is 1. The molecule has 1 atom stereocenters. The van der Waals surface area contributed by atoms with E-state index in [2.05, 4.69) is 16.6 Å². The second-order valence-corrected chi connectivity index (χ2v) is 8.62. The number of benzene rings is 1. The van der Waals surface area contributed by atoms with Crippen LogP contribution in [0.3, 0.4) is 0 Å². The smallest absolute Gasteiger partial charge is 0.248 e. The van der Waals surface area contributed by atoms with Gasteiger partial charge >= 0.3 is 0 Å². The highest BCUT2D eigenvalue weighted by Gasteiger charge is 2.30. The maximum atomic E-state index is 14.2. The summed E-state index contributed by atoms with van der Waals surface area (Å²) in [4.78, 5) is 21.3. The summed E-state index contributed by atoms with van der Waals surface area (Å²) in [5.41, 5.74) is 2.46. The van der Waals surface area contributed by atoms with Gasteiger partial charge in [0.05, 0.1) is 11.4 Å². The Morgan fingerprint density at radius 1 is 1.38 bits per heavy atom. The van der Waals surface area contributed by atoms with Crippen molar-refractivity contribution < 1.29 is 13.9 Å². The van der Waals surface area contributed by atoms with Crippen molar-refractivity contribution in [1.29, 1.82) is 0 Å². The van der Waals surface area contributed by atoms with E-state index in [1.54, 1.807) is 29.5 Å². The number of aromatic nitrogens is 2. The van der Waals surface area contributed by atoms with Crippen LogP contribution in [0.4, 0.5) is 16.0 Å². The minimum Gasteiger partial charge on any atom is -0.375 e. The molecule has 0 unspecified atom stereocenters. The minimum atomic E-state index is -0.315. The SMILES string of the molecule is COCC(=O)N1CCC[C@@H](c2nc(Nc3ccccc3F)n3c(C)c(C)sc23)C1. The van der Waals surface area contributed by atoms with Gasteiger partial charge in [-0.15, -0.1) is 11.3 Å². The van der Waals surface area contributed by atoms with Crippen LogP contribution in [0.15, 0.2) is 24.3 Å². The zero-order valence-corrected chi connectivity index (χ0v) is 17.7. The van der Waals surface area contributed by atoms with Gasteiger partial charge in [0.25, 0.3) is 0 Å². The van der Waals surface area contributed by atoms with E-state index >= 15 is 0 Å². The second-order valence-electron chi connectivity index (χ2n) is 7.42. The number of amides is 1. The van der Waals surface area contributed by atoms with E-state index in [-0.39, 0.29) is 24.2 Å². The van der Waals surface area contributed by atoms with Crippen molar-refractivity contribution in [2.24, 2.45) is 0 Å². The zero-order chi connectivity index (χ0) is 20.5. The first-order chi connectivity index (χ1) is 14.0. The fourth-order valence-electron chi connectivity index (χ4n) is 3.88. The first kappa shape index (κ1) is 19.8. The number of thiazole rings is 1. The number of carbonyl (C=O) groups excluding carboxylic acids is 1. The number of para-hydroxylation sites is 1. The van der Waals surface area contributed by atoms with E-state index in [9.17, 15) is 9.18 Å². The lowest BCUT2D eigenvalue weighted by molar-refractivity contribution is -0.136. The standard InChI is InChI=1S/C21H25FN4O2S/c1-13-14(2)29-20-19(15-7-6-10-25(11-15)18(27)12-28-3)24-21(26(13)20)23-17-9-5-4-8-16(17)22/h4-5,8-9,15H,6-7,10-12H2,1-3H3,(H,23,24)/t15-/m1/s1. The molecule has 1 saturated heterocycles. The Balaban J connectivity index is 1.71. The average Bonchev–Trinajstić information content (AvgIpc) is 3.21. The van der Waals surface area contributed by atoms with Crippen molar-refractivity contribution in [3.8, 4) is 0 Å². The molecule has 1 aliphatic heterocycles. The molecular formula is C21H25FN4O2S. The molecule has 1 amide bonds. The van der Waals surface area contributed by atoms with E-state index in [1.165, 1.54) is 18.1 Å². The molecule has 154 valence electrons. The number of anilines is 2. The number of ether oxygens (including phenoxy) is 1. The van der Waals surface area contributed by atoms with E-state index in [0.29, 0.717) is 18.2 Å². The number of methoxy groups -OCH3 is 1. The number of piperidine rings is 1. The highest BCUT2D eigenvalue weighted by atomic mass is 32.1. The van der Waals surface area contributed by atoms with Crippen LogP contribution >= 0.6 is 11.3 Å². The molecule has 1 aliphatic rings. The van der Waals surface area contributed by atoms with Crippen molar-refractivity contribution in [3.63, 3.8) is 0 Å². The summed E-state index contributed by atoms with van der Waals surface area (Å²) in [6.45, 7) is 5.61. The number of hydrogen-bond donors (Lipinski definition) is 1. The van der Waals surface area contributed by atoms with Gasteiger partial charge in [-0.1, -0.05) is 12.1 Å². The van der Waals surface area contributed by atoms with E-state index in [1.807, 2.05) is 11.8 Å². The third kappa shape index (κ3) is 3.74. The van der Waals surface area contributed by atoms with Crippen molar-refractivity contribution in [2.45, 2.75) is 32.6 Å². The molecule has 4 rings (SSSR count). The largest absolute Gasteiger partial charge is 0.375 e. The van der Waals surface area contributed by atoms with Crippen molar-refractivity contribution in [1.82, 2.24) is 14.3 Å². The molecule has 0 bridgehead atoms. The monoisotopic (exact) mass is 416 g/mol. The first-order valence-corrected chi connectivity index (χ1v) is 10.6. The van der Waals surface area contributed by atoms with Gasteiger partial charge in [0.15, 0.2) is 0 Å². The lowest BCUT2D eigenvalue weighted by Crippen LogP contribution is -2.41. The van der Waals surface area contributed by atoms with Crippen LogP contribution in [0.1, 0.15) is 35.0 Å². The Labute approximate surface area is 173 Å². The molecule has 0 aliphatic carbocycles. The number of nitrogens with zero attached hydrogens (tertiary/aromatic N) is 3. The molecule has 1 aromatic carbocycles. The number of halogens is 1. The van der Waals surface area contributed by atoms with Crippen molar-refractivity contribution in [2.75, 3.05) is 32.1 Å².